The lowest BCUT2D eigenvalue weighted by atomic mass is 9.97. The van der Waals surface area contributed by atoms with E-state index in [9.17, 15) is 4.79 Å². The number of hydrogen-bond acceptors (Lipinski definition) is 5. The molecule has 0 unspecified atom stereocenters. The normalized spacial score (nSPS) is 16.2. The molecule has 7 heteroatoms. The molecule has 160 valence electrons. The standard InChI is InChI=1S/C24H25ClN4OS/c1-17-8-10-20(11-9-17)31-24-22(26-12-13-27-24)29-14-4-6-19(16-29)23(30)28-15-18-5-2-3-7-21(18)25/h2-3,5,7-13,19H,4,6,14-16H2,1H3,(H,28,30)/t19-/m0/s1. The predicted octanol–water partition coefficient (Wildman–Crippen LogP) is 5.12. The minimum atomic E-state index is -0.0875. The number of piperidine rings is 1. The first-order valence-electron chi connectivity index (χ1n) is 10.4. The fourth-order valence-corrected chi connectivity index (χ4v) is 4.76. The zero-order valence-electron chi connectivity index (χ0n) is 17.4. The van der Waals surface area contributed by atoms with Gasteiger partial charge in [-0.2, -0.15) is 0 Å². The Kier molecular flexibility index (Phi) is 7.10. The van der Waals surface area contributed by atoms with Crippen molar-refractivity contribution in [3.8, 4) is 0 Å². The summed E-state index contributed by atoms with van der Waals surface area (Å²) in [5.41, 5.74) is 2.15. The van der Waals surface area contributed by atoms with E-state index in [2.05, 4.69) is 51.4 Å². The molecule has 3 aromatic rings. The van der Waals surface area contributed by atoms with E-state index in [-0.39, 0.29) is 11.8 Å². The Balaban J connectivity index is 1.43. The van der Waals surface area contributed by atoms with E-state index in [1.54, 1.807) is 24.2 Å². The van der Waals surface area contributed by atoms with E-state index in [0.717, 1.165) is 40.7 Å². The minimum absolute atomic E-state index is 0.0567. The maximum atomic E-state index is 12.8. The second-order valence-corrected chi connectivity index (χ2v) is 9.16. The average molecular weight is 453 g/mol. The Morgan fingerprint density at radius 1 is 1.16 bits per heavy atom. The van der Waals surface area contributed by atoms with Gasteiger partial charge in [-0.05, 0) is 43.5 Å². The van der Waals surface area contributed by atoms with E-state index >= 15 is 0 Å². The summed E-state index contributed by atoms with van der Waals surface area (Å²) in [6.07, 6.45) is 5.24. The predicted molar refractivity (Wildman–Crippen MR) is 126 cm³/mol. The number of halogens is 1. The fourth-order valence-electron chi connectivity index (χ4n) is 3.68. The molecule has 0 saturated carbocycles. The Bertz CT molecular complexity index is 1040. The van der Waals surface area contributed by atoms with E-state index in [1.165, 1.54) is 5.56 Å². The van der Waals surface area contributed by atoms with Gasteiger partial charge >= 0.3 is 0 Å². The highest BCUT2D eigenvalue weighted by molar-refractivity contribution is 7.99. The first kappa shape index (κ1) is 21.7. The van der Waals surface area contributed by atoms with Crippen molar-refractivity contribution >= 4 is 35.1 Å². The third-order valence-corrected chi connectivity index (χ3v) is 6.74. The molecule has 0 aliphatic carbocycles. The maximum Gasteiger partial charge on any atom is 0.225 e. The SMILES string of the molecule is Cc1ccc(Sc2nccnc2N2CCC[C@H](C(=O)NCc3ccccc3Cl)C2)cc1. The molecule has 2 aromatic carbocycles. The van der Waals surface area contributed by atoms with E-state index in [4.69, 9.17) is 11.6 Å². The molecule has 31 heavy (non-hydrogen) atoms. The minimum Gasteiger partial charge on any atom is -0.354 e. The molecule has 0 bridgehead atoms. The number of rotatable bonds is 6. The van der Waals surface area contributed by atoms with Gasteiger partial charge in [0.15, 0.2) is 5.82 Å². The number of aryl methyl sites for hydroxylation is 1. The number of hydrogen-bond donors (Lipinski definition) is 1. The Labute approximate surface area is 192 Å². The van der Waals surface area contributed by atoms with Crippen LogP contribution in [0.3, 0.4) is 0 Å². The summed E-state index contributed by atoms with van der Waals surface area (Å²) in [5.74, 6) is 0.813. The molecule has 2 heterocycles. The van der Waals surface area contributed by atoms with Crippen LogP contribution < -0.4 is 10.2 Å². The molecular weight excluding hydrogens is 428 g/mol. The number of nitrogens with one attached hydrogen (secondary N) is 1. The van der Waals surface area contributed by atoms with Crippen molar-refractivity contribution in [2.45, 2.75) is 36.2 Å². The Hall–Kier alpha value is -2.57. The summed E-state index contributed by atoms with van der Waals surface area (Å²) in [6.45, 7) is 4.02. The van der Waals surface area contributed by atoms with Gasteiger partial charge in [0.2, 0.25) is 5.91 Å². The molecule has 4 rings (SSSR count). The second-order valence-electron chi connectivity index (χ2n) is 7.69. The highest BCUT2D eigenvalue weighted by Gasteiger charge is 2.28. The molecule has 1 aliphatic rings. The first-order chi connectivity index (χ1) is 15.1. The van der Waals surface area contributed by atoms with Gasteiger partial charge in [0, 0.05) is 41.9 Å². The lowest BCUT2D eigenvalue weighted by molar-refractivity contribution is -0.125. The van der Waals surface area contributed by atoms with Crippen LogP contribution in [0.15, 0.2) is 70.8 Å². The summed E-state index contributed by atoms with van der Waals surface area (Å²) < 4.78 is 0. The quantitative estimate of drug-likeness (QED) is 0.562. The third-order valence-electron chi connectivity index (χ3n) is 5.38. The largest absolute Gasteiger partial charge is 0.354 e. The molecule has 1 saturated heterocycles. The summed E-state index contributed by atoms with van der Waals surface area (Å²) in [4.78, 5) is 25.3. The Morgan fingerprint density at radius 3 is 2.74 bits per heavy atom. The second kappa shape index (κ2) is 10.2. The zero-order chi connectivity index (χ0) is 21.6. The fraction of sp³-hybridized carbons (Fsp3) is 0.292. The van der Waals surface area contributed by atoms with Gasteiger partial charge in [-0.25, -0.2) is 9.97 Å². The van der Waals surface area contributed by atoms with E-state index < -0.39 is 0 Å². The number of aromatic nitrogens is 2. The van der Waals surface area contributed by atoms with Crippen LogP contribution >= 0.6 is 23.4 Å². The van der Waals surface area contributed by atoms with Crippen LogP contribution in [-0.2, 0) is 11.3 Å². The zero-order valence-corrected chi connectivity index (χ0v) is 19.0. The van der Waals surface area contributed by atoms with Gasteiger partial charge in [-0.15, -0.1) is 0 Å². The topological polar surface area (TPSA) is 58.1 Å². The van der Waals surface area contributed by atoms with Crippen molar-refractivity contribution in [1.29, 1.82) is 0 Å². The molecule has 1 aromatic heterocycles. The molecule has 5 nitrogen and oxygen atoms in total. The number of benzene rings is 2. The summed E-state index contributed by atoms with van der Waals surface area (Å²) in [6, 6.07) is 16.0. The number of anilines is 1. The third kappa shape index (κ3) is 5.57. The van der Waals surface area contributed by atoms with Crippen LogP contribution in [0.5, 0.6) is 0 Å². The van der Waals surface area contributed by atoms with Gasteiger partial charge in [-0.3, -0.25) is 4.79 Å². The number of carbonyl (C=O) groups excluding carboxylic acids is 1. The lowest BCUT2D eigenvalue weighted by Crippen LogP contribution is -2.43. The van der Waals surface area contributed by atoms with Gasteiger partial charge in [0.05, 0.1) is 5.92 Å². The van der Waals surface area contributed by atoms with Crippen LogP contribution in [0, 0.1) is 12.8 Å². The Morgan fingerprint density at radius 2 is 1.94 bits per heavy atom. The van der Waals surface area contributed by atoms with Gasteiger partial charge in [-0.1, -0.05) is 59.3 Å². The van der Waals surface area contributed by atoms with Crippen LogP contribution in [0.1, 0.15) is 24.0 Å². The number of amides is 1. The summed E-state index contributed by atoms with van der Waals surface area (Å²) in [5, 5.41) is 4.59. The molecular formula is C24H25ClN4OS. The summed E-state index contributed by atoms with van der Waals surface area (Å²) >= 11 is 7.82. The monoisotopic (exact) mass is 452 g/mol. The highest BCUT2D eigenvalue weighted by atomic mass is 35.5. The van der Waals surface area contributed by atoms with E-state index in [1.807, 2.05) is 24.3 Å². The van der Waals surface area contributed by atoms with Crippen molar-refractivity contribution in [2.24, 2.45) is 5.92 Å². The number of carbonyl (C=O) groups is 1. The molecule has 1 aliphatic heterocycles. The van der Waals surface area contributed by atoms with Crippen LogP contribution in [-0.4, -0.2) is 29.0 Å². The van der Waals surface area contributed by atoms with Crippen molar-refractivity contribution in [3.63, 3.8) is 0 Å². The number of nitrogens with zero attached hydrogens (tertiary/aromatic N) is 3. The van der Waals surface area contributed by atoms with Crippen molar-refractivity contribution < 1.29 is 4.79 Å². The van der Waals surface area contributed by atoms with Crippen molar-refractivity contribution in [2.75, 3.05) is 18.0 Å². The molecule has 1 N–H and O–H groups in total. The first-order valence-corrected chi connectivity index (χ1v) is 11.6. The van der Waals surface area contributed by atoms with Crippen molar-refractivity contribution in [3.05, 3.63) is 77.1 Å². The van der Waals surface area contributed by atoms with Crippen LogP contribution in [0.2, 0.25) is 5.02 Å². The average Bonchev–Trinajstić information content (AvgIpc) is 2.80. The molecule has 0 radical (unpaired) electrons. The van der Waals surface area contributed by atoms with Crippen molar-refractivity contribution in [1.82, 2.24) is 15.3 Å². The van der Waals surface area contributed by atoms with Gasteiger partial charge < -0.3 is 10.2 Å². The molecule has 1 amide bonds. The smallest absolute Gasteiger partial charge is 0.225 e. The highest BCUT2D eigenvalue weighted by Crippen LogP contribution is 2.34. The maximum absolute atomic E-state index is 12.8. The van der Waals surface area contributed by atoms with Gasteiger partial charge in [0.1, 0.15) is 5.03 Å². The lowest BCUT2D eigenvalue weighted by Gasteiger charge is -2.33. The molecule has 1 fully saturated rings. The van der Waals surface area contributed by atoms with Crippen LogP contribution in [0.4, 0.5) is 5.82 Å². The van der Waals surface area contributed by atoms with Crippen LogP contribution in [0.25, 0.3) is 0 Å². The van der Waals surface area contributed by atoms with Gasteiger partial charge in [0.25, 0.3) is 0 Å². The molecule has 1 atom stereocenters. The summed E-state index contributed by atoms with van der Waals surface area (Å²) in [7, 11) is 0. The van der Waals surface area contributed by atoms with E-state index in [0.29, 0.717) is 18.1 Å². The molecule has 0 spiro atoms.